The van der Waals surface area contributed by atoms with E-state index in [9.17, 15) is 14.4 Å². The molecule has 10 heteroatoms. The van der Waals surface area contributed by atoms with Gasteiger partial charge in [-0.3, -0.25) is 4.79 Å². The molecule has 0 spiro atoms. The summed E-state index contributed by atoms with van der Waals surface area (Å²) in [4.78, 5) is 34.8. The van der Waals surface area contributed by atoms with E-state index in [1.54, 1.807) is 31.3 Å². The highest BCUT2D eigenvalue weighted by Gasteiger charge is 2.16. The van der Waals surface area contributed by atoms with E-state index in [-0.39, 0.29) is 18.1 Å². The van der Waals surface area contributed by atoms with Crippen LogP contribution < -0.4 is 32.3 Å². The summed E-state index contributed by atoms with van der Waals surface area (Å²) in [5.41, 5.74) is 6.46. The Morgan fingerprint density at radius 1 is 1.03 bits per heavy atom. The normalized spacial score (nSPS) is 12.0. The maximum Gasteiger partial charge on any atom is 0.407 e. The minimum Gasteiger partial charge on any atom is -0.445 e. The van der Waals surface area contributed by atoms with Crippen molar-refractivity contribution in [2.75, 3.05) is 32.0 Å². The predicted octanol–water partition coefficient (Wildman–Crippen LogP) is 1.28. The van der Waals surface area contributed by atoms with Crippen molar-refractivity contribution in [2.45, 2.75) is 51.8 Å². The van der Waals surface area contributed by atoms with Crippen molar-refractivity contribution in [3.63, 3.8) is 0 Å². The van der Waals surface area contributed by atoms with E-state index in [2.05, 4.69) is 47.4 Å². The van der Waals surface area contributed by atoms with Crippen LogP contribution in [-0.4, -0.2) is 56.3 Å². The molecule has 0 saturated carbocycles. The van der Waals surface area contributed by atoms with Crippen LogP contribution in [0.15, 0.2) is 24.3 Å². The standard InChI is InChI=1S/C21H36N6O4/c1-21(2,3)26-13-12-25-20(30)31-14-15-7-9-16(10-8-15)27-18(28)17(23-4)6-5-11-24-19(22)29/h7-10,17,23,26H,5-6,11-14H2,1-4H3,(H,25,30)(H,27,28)(H3,22,24,29). The molecule has 0 radical (unpaired) electrons. The number of anilines is 1. The average Bonchev–Trinajstić information content (AvgIpc) is 2.69. The van der Waals surface area contributed by atoms with Gasteiger partial charge in [-0.2, -0.15) is 0 Å². The Balaban J connectivity index is 2.35. The van der Waals surface area contributed by atoms with Gasteiger partial charge in [-0.25, -0.2) is 9.59 Å². The molecule has 1 rings (SSSR count). The van der Waals surface area contributed by atoms with Crippen molar-refractivity contribution < 1.29 is 19.1 Å². The Hall–Kier alpha value is -2.85. The highest BCUT2D eigenvalue weighted by atomic mass is 16.5. The number of carbonyl (C=O) groups excluding carboxylic acids is 3. The van der Waals surface area contributed by atoms with Gasteiger partial charge in [0.25, 0.3) is 0 Å². The number of primary amides is 1. The fraction of sp³-hybridized carbons (Fsp3) is 0.571. The second kappa shape index (κ2) is 13.5. The Kier molecular flexibility index (Phi) is 11.4. The Bertz CT molecular complexity index is 703. The van der Waals surface area contributed by atoms with Crippen molar-refractivity contribution in [1.29, 1.82) is 0 Å². The molecule has 1 atom stereocenters. The van der Waals surface area contributed by atoms with Crippen molar-refractivity contribution in [1.82, 2.24) is 21.3 Å². The van der Waals surface area contributed by atoms with Crippen molar-refractivity contribution in [3.8, 4) is 0 Å². The van der Waals surface area contributed by atoms with Gasteiger partial charge in [-0.15, -0.1) is 0 Å². The fourth-order valence-corrected chi connectivity index (χ4v) is 2.64. The molecule has 0 aromatic heterocycles. The first-order valence-corrected chi connectivity index (χ1v) is 10.4. The summed E-state index contributed by atoms with van der Waals surface area (Å²) in [6, 6.07) is 6.11. The molecule has 4 amide bonds. The van der Waals surface area contributed by atoms with Gasteiger partial charge in [0.2, 0.25) is 5.91 Å². The number of amides is 4. The molecule has 0 fully saturated rings. The van der Waals surface area contributed by atoms with E-state index in [1.807, 2.05) is 0 Å². The molecule has 1 aromatic rings. The van der Waals surface area contributed by atoms with Crippen LogP contribution in [0.3, 0.4) is 0 Å². The number of nitrogens with two attached hydrogens (primary N) is 1. The quantitative estimate of drug-likeness (QED) is 0.272. The number of benzene rings is 1. The Morgan fingerprint density at radius 3 is 2.29 bits per heavy atom. The summed E-state index contributed by atoms with van der Waals surface area (Å²) in [5, 5.41) is 14.3. The zero-order valence-electron chi connectivity index (χ0n) is 18.8. The average molecular weight is 437 g/mol. The molecule has 1 unspecified atom stereocenters. The van der Waals surface area contributed by atoms with Gasteiger partial charge in [0.15, 0.2) is 0 Å². The Labute approximate surface area is 184 Å². The number of rotatable bonds is 12. The highest BCUT2D eigenvalue weighted by Crippen LogP contribution is 2.12. The number of nitrogens with one attached hydrogen (secondary N) is 5. The number of urea groups is 1. The van der Waals surface area contributed by atoms with Crippen LogP contribution in [0.4, 0.5) is 15.3 Å². The third kappa shape index (κ3) is 12.4. The first-order valence-electron chi connectivity index (χ1n) is 10.4. The zero-order valence-corrected chi connectivity index (χ0v) is 18.8. The number of carbonyl (C=O) groups is 3. The van der Waals surface area contributed by atoms with Crippen molar-refractivity contribution in [3.05, 3.63) is 29.8 Å². The molecule has 1 aromatic carbocycles. The lowest BCUT2D eigenvalue weighted by atomic mass is 10.1. The van der Waals surface area contributed by atoms with Gasteiger partial charge in [0.1, 0.15) is 6.61 Å². The van der Waals surface area contributed by atoms with Crippen molar-refractivity contribution >= 4 is 23.7 Å². The molecule has 0 aliphatic carbocycles. The van der Waals surface area contributed by atoms with Crippen LogP contribution in [0.5, 0.6) is 0 Å². The van der Waals surface area contributed by atoms with Crippen LogP contribution >= 0.6 is 0 Å². The molecule has 0 heterocycles. The fourth-order valence-electron chi connectivity index (χ4n) is 2.64. The molecule has 10 nitrogen and oxygen atoms in total. The first-order chi connectivity index (χ1) is 14.6. The molecule has 0 aliphatic rings. The molecule has 0 aliphatic heterocycles. The summed E-state index contributed by atoms with van der Waals surface area (Å²) >= 11 is 0. The number of ether oxygens (including phenoxy) is 1. The molecule has 0 saturated heterocycles. The van der Waals surface area contributed by atoms with Gasteiger partial charge in [-0.05, 0) is 58.4 Å². The van der Waals surface area contributed by atoms with Gasteiger partial charge < -0.3 is 37.1 Å². The Morgan fingerprint density at radius 2 is 1.71 bits per heavy atom. The van der Waals surface area contributed by atoms with Crippen LogP contribution in [0, 0.1) is 0 Å². The van der Waals surface area contributed by atoms with Crippen LogP contribution in [0.2, 0.25) is 0 Å². The lowest BCUT2D eigenvalue weighted by Gasteiger charge is -2.20. The van der Waals surface area contributed by atoms with Gasteiger partial charge in [-0.1, -0.05) is 12.1 Å². The minimum absolute atomic E-state index is 0.00190. The van der Waals surface area contributed by atoms with E-state index in [0.717, 1.165) is 5.56 Å². The van der Waals surface area contributed by atoms with Gasteiger partial charge >= 0.3 is 12.1 Å². The lowest BCUT2D eigenvalue weighted by Crippen LogP contribution is -2.41. The number of hydrogen-bond donors (Lipinski definition) is 6. The maximum absolute atomic E-state index is 12.4. The summed E-state index contributed by atoms with van der Waals surface area (Å²) in [5.74, 6) is -0.172. The van der Waals surface area contributed by atoms with Gasteiger partial charge in [0, 0.05) is 30.9 Å². The molecule has 0 bridgehead atoms. The zero-order chi connectivity index (χ0) is 23.3. The van der Waals surface area contributed by atoms with Gasteiger partial charge in [0.05, 0.1) is 6.04 Å². The molecular weight excluding hydrogens is 400 g/mol. The highest BCUT2D eigenvalue weighted by molar-refractivity contribution is 5.94. The van der Waals surface area contributed by atoms with E-state index in [4.69, 9.17) is 10.5 Å². The number of likely N-dealkylation sites (N-methyl/N-ethyl adjacent to an activating group) is 1. The minimum atomic E-state index is -0.579. The second-order valence-corrected chi connectivity index (χ2v) is 8.14. The monoisotopic (exact) mass is 436 g/mol. The number of hydrogen-bond acceptors (Lipinski definition) is 6. The molecule has 31 heavy (non-hydrogen) atoms. The summed E-state index contributed by atoms with van der Waals surface area (Å²) in [6.45, 7) is 7.85. The van der Waals surface area contributed by atoms with Crippen molar-refractivity contribution in [2.24, 2.45) is 5.73 Å². The van der Waals surface area contributed by atoms with E-state index in [1.165, 1.54) is 0 Å². The van der Waals surface area contributed by atoms with Crippen LogP contribution in [-0.2, 0) is 16.1 Å². The van der Waals surface area contributed by atoms with Crippen LogP contribution in [0.25, 0.3) is 0 Å². The van der Waals surface area contributed by atoms with E-state index in [0.29, 0.717) is 38.2 Å². The molecular formula is C21H36N6O4. The third-order valence-electron chi connectivity index (χ3n) is 4.27. The SMILES string of the molecule is CNC(CCCNC(N)=O)C(=O)Nc1ccc(COC(=O)NCCNC(C)(C)C)cc1. The smallest absolute Gasteiger partial charge is 0.407 e. The lowest BCUT2D eigenvalue weighted by molar-refractivity contribution is -0.118. The summed E-state index contributed by atoms with van der Waals surface area (Å²) < 4.78 is 5.19. The molecule has 7 N–H and O–H groups in total. The predicted molar refractivity (Wildman–Crippen MR) is 121 cm³/mol. The van der Waals surface area contributed by atoms with E-state index >= 15 is 0 Å². The molecule has 174 valence electrons. The second-order valence-electron chi connectivity index (χ2n) is 8.14. The largest absolute Gasteiger partial charge is 0.445 e. The van der Waals surface area contributed by atoms with E-state index < -0.39 is 18.2 Å². The number of alkyl carbamates (subject to hydrolysis) is 1. The van der Waals surface area contributed by atoms with Crippen LogP contribution in [0.1, 0.15) is 39.2 Å². The maximum atomic E-state index is 12.4. The summed E-state index contributed by atoms with van der Waals surface area (Å²) in [6.07, 6.45) is 0.692. The third-order valence-corrected chi connectivity index (χ3v) is 4.27. The summed E-state index contributed by atoms with van der Waals surface area (Å²) in [7, 11) is 1.70. The first kappa shape index (κ1) is 26.2. The topological polar surface area (TPSA) is 147 Å².